The number of alkyl halides is 3. The predicted molar refractivity (Wildman–Crippen MR) is 65.4 cm³/mol. The molecule has 0 radical (unpaired) electrons. The van der Waals surface area contributed by atoms with Crippen LogP contribution in [0.5, 0.6) is 0 Å². The number of rotatable bonds is 3. The zero-order chi connectivity index (χ0) is 16.7. The van der Waals surface area contributed by atoms with Crippen LogP contribution >= 0.6 is 23.1 Å². The van der Waals surface area contributed by atoms with Gasteiger partial charge in [0.1, 0.15) is 0 Å². The molecule has 0 N–H and O–H groups in total. The molecule has 1 aromatic carbocycles. The van der Waals surface area contributed by atoms with E-state index in [9.17, 15) is 30.7 Å². The Morgan fingerprint density at radius 2 is 1.50 bits per heavy atom. The van der Waals surface area contributed by atoms with Crippen molar-refractivity contribution in [2.45, 2.75) is 15.4 Å². The van der Waals surface area contributed by atoms with Gasteiger partial charge in [-0.25, -0.2) is 17.6 Å². The van der Waals surface area contributed by atoms with Crippen molar-refractivity contribution in [2.75, 3.05) is 0 Å². The van der Waals surface area contributed by atoms with Gasteiger partial charge in [0.15, 0.2) is 27.6 Å². The number of halogens is 7. The van der Waals surface area contributed by atoms with Crippen molar-refractivity contribution in [2.24, 2.45) is 0 Å². The van der Waals surface area contributed by atoms with Crippen molar-refractivity contribution >= 4 is 29.2 Å². The number of aromatic nitrogens is 2. The minimum Gasteiger partial charge on any atom is -0.203 e. The molecule has 0 saturated heterocycles. The van der Waals surface area contributed by atoms with Crippen LogP contribution in [-0.4, -0.2) is 10.2 Å². The second kappa shape index (κ2) is 5.88. The van der Waals surface area contributed by atoms with E-state index in [1.807, 2.05) is 0 Å². The number of hydrogen-bond donors (Lipinski definition) is 0. The summed E-state index contributed by atoms with van der Waals surface area (Å²) in [4.78, 5) is -1.15. The molecular formula is C11H3F7N2S2. The summed E-state index contributed by atoms with van der Waals surface area (Å²) in [5.41, 5.74) is -1.01. The quantitative estimate of drug-likeness (QED) is 0.575. The van der Waals surface area contributed by atoms with Gasteiger partial charge in [0.05, 0.1) is 10.5 Å². The van der Waals surface area contributed by atoms with E-state index in [2.05, 4.69) is 16.8 Å². The zero-order valence-corrected chi connectivity index (χ0v) is 11.8. The Morgan fingerprint density at radius 1 is 0.955 bits per heavy atom. The van der Waals surface area contributed by atoms with Crippen molar-refractivity contribution in [3.05, 3.63) is 40.4 Å². The van der Waals surface area contributed by atoms with E-state index in [0.29, 0.717) is 6.08 Å². The summed E-state index contributed by atoms with van der Waals surface area (Å²) in [6.07, 6.45) is -4.20. The first-order chi connectivity index (χ1) is 10.2. The summed E-state index contributed by atoms with van der Waals surface area (Å²) < 4.78 is 91.0. The lowest BCUT2D eigenvalue weighted by molar-refractivity contribution is -0.138. The third-order valence-corrected chi connectivity index (χ3v) is 4.38. The van der Waals surface area contributed by atoms with E-state index in [-0.39, 0.29) is 23.1 Å². The summed E-state index contributed by atoms with van der Waals surface area (Å²) in [6, 6.07) is 0. The van der Waals surface area contributed by atoms with Gasteiger partial charge in [-0.3, -0.25) is 0 Å². The van der Waals surface area contributed by atoms with Crippen LogP contribution in [0.15, 0.2) is 15.8 Å². The van der Waals surface area contributed by atoms with Gasteiger partial charge < -0.3 is 0 Å². The molecule has 2 aromatic rings. The Balaban J connectivity index is 2.46. The molecule has 22 heavy (non-hydrogen) atoms. The van der Waals surface area contributed by atoms with Crippen LogP contribution in [0.25, 0.3) is 6.08 Å². The fourth-order valence-electron chi connectivity index (χ4n) is 1.35. The van der Waals surface area contributed by atoms with Gasteiger partial charge in [0.2, 0.25) is 5.01 Å². The second-order valence-electron chi connectivity index (χ2n) is 3.68. The van der Waals surface area contributed by atoms with Crippen LogP contribution in [0.4, 0.5) is 30.7 Å². The van der Waals surface area contributed by atoms with Crippen LogP contribution in [0.1, 0.15) is 10.6 Å². The van der Waals surface area contributed by atoms with Crippen LogP contribution in [0.2, 0.25) is 0 Å². The Hall–Kier alpha value is -1.62. The summed E-state index contributed by atoms with van der Waals surface area (Å²) in [7, 11) is 0. The number of hydrogen-bond acceptors (Lipinski definition) is 4. The van der Waals surface area contributed by atoms with Crippen molar-refractivity contribution in [3.63, 3.8) is 0 Å². The molecule has 0 atom stereocenters. The molecule has 2 rings (SSSR count). The zero-order valence-electron chi connectivity index (χ0n) is 10.1. The number of nitrogens with zero attached hydrogens (tertiary/aromatic N) is 2. The molecule has 0 fully saturated rings. The van der Waals surface area contributed by atoms with Gasteiger partial charge in [-0.15, -0.1) is 10.2 Å². The minimum atomic E-state index is -4.78. The highest BCUT2D eigenvalue weighted by Crippen LogP contribution is 2.40. The van der Waals surface area contributed by atoms with Crippen LogP contribution in [0.3, 0.4) is 0 Å². The molecule has 0 saturated carbocycles. The Kier molecular flexibility index (Phi) is 4.47. The Bertz CT molecular complexity index is 710. The van der Waals surface area contributed by atoms with Crippen molar-refractivity contribution in [1.82, 2.24) is 10.2 Å². The average molecular weight is 360 g/mol. The van der Waals surface area contributed by atoms with E-state index in [0.717, 1.165) is 0 Å². The third kappa shape index (κ3) is 2.95. The first kappa shape index (κ1) is 16.7. The summed E-state index contributed by atoms with van der Waals surface area (Å²) >= 11 is -0.00301. The first-order valence-corrected chi connectivity index (χ1v) is 6.87. The normalized spacial score (nSPS) is 11.8. The van der Waals surface area contributed by atoms with Crippen molar-refractivity contribution in [1.29, 1.82) is 0 Å². The second-order valence-corrected chi connectivity index (χ2v) is 5.91. The van der Waals surface area contributed by atoms with Crippen molar-refractivity contribution < 1.29 is 30.7 Å². The van der Waals surface area contributed by atoms with Crippen LogP contribution in [0, 0.1) is 23.3 Å². The van der Waals surface area contributed by atoms with Crippen LogP contribution < -0.4 is 0 Å². The first-order valence-electron chi connectivity index (χ1n) is 5.23. The Morgan fingerprint density at radius 3 is 1.91 bits per heavy atom. The van der Waals surface area contributed by atoms with Crippen molar-refractivity contribution in [3.8, 4) is 0 Å². The Labute approximate surface area is 126 Å². The largest absolute Gasteiger partial charge is 0.445 e. The minimum absolute atomic E-state index is 0.00591. The lowest BCUT2D eigenvalue weighted by Gasteiger charge is -2.07. The van der Waals surface area contributed by atoms with Crippen LogP contribution in [-0.2, 0) is 6.18 Å². The molecule has 118 valence electrons. The van der Waals surface area contributed by atoms with Gasteiger partial charge in [-0.2, -0.15) is 13.2 Å². The summed E-state index contributed by atoms with van der Waals surface area (Å²) in [5.74, 6) is -6.89. The summed E-state index contributed by atoms with van der Waals surface area (Å²) in [5, 5.41) is 4.52. The van der Waals surface area contributed by atoms with Gasteiger partial charge in [-0.1, -0.05) is 35.8 Å². The molecule has 0 unspecified atom stereocenters. The monoisotopic (exact) mass is 360 g/mol. The molecule has 0 aliphatic heterocycles. The number of benzene rings is 1. The molecule has 0 aliphatic carbocycles. The maximum atomic E-state index is 13.7. The fourth-order valence-corrected chi connectivity index (χ4v) is 3.06. The van der Waals surface area contributed by atoms with E-state index in [4.69, 9.17) is 0 Å². The molecule has 0 spiro atoms. The highest BCUT2D eigenvalue weighted by atomic mass is 32.2. The van der Waals surface area contributed by atoms with Gasteiger partial charge in [0.25, 0.3) is 0 Å². The summed E-state index contributed by atoms with van der Waals surface area (Å²) in [6.45, 7) is 3.01. The molecule has 1 heterocycles. The van der Waals surface area contributed by atoms with E-state index in [1.165, 1.54) is 0 Å². The highest BCUT2D eigenvalue weighted by molar-refractivity contribution is 8.01. The van der Waals surface area contributed by atoms with Gasteiger partial charge >= 0.3 is 6.18 Å². The highest BCUT2D eigenvalue weighted by Gasteiger charge is 2.36. The smallest absolute Gasteiger partial charge is 0.203 e. The lowest BCUT2D eigenvalue weighted by atomic mass is 10.2. The maximum Gasteiger partial charge on any atom is 0.445 e. The maximum absolute atomic E-state index is 13.7. The third-order valence-electron chi connectivity index (χ3n) is 2.30. The van der Waals surface area contributed by atoms with E-state index >= 15 is 0 Å². The lowest BCUT2D eigenvalue weighted by Crippen LogP contribution is -2.03. The molecule has 11 heteroatoms. The molecule has 0 amide bonds. The average Bonchev–Trinajstić information content (AvgIpc) is 2.91. The molecule has 0 bridgehead atoms. The standard InChI is InChI=1S/C11H3F7N2S2/c1-2-3-4(12)6(14)8(7(15)5(3)13)21-10-20-19-9(22-10)11(16,17)18/h2H,1H2. The van der Waals surface area contributed by atoms with Gasteiger partial charge in [-0.05, 0) is 0 Å². The van der Waals surface area contributed by atoms with Gasteiger partial charge in [0, 0.05) is 0 Å². The molecule has 2 nitrogen and oxygen atoms in total. The molecule has 0 aliphatic rings. The van der Waals surface area contributed by atoms with E-state index in [1.54, 1.807) is 0 Å². The van der Waals surface area contributed by atoms with E-state index < -0.39 is 49.3 Å². The molecular weight excluding hydrogens is 357 g/mol. The predicted octanol–water partition coefficient (Wildman–Crippen LogP) is 4.91. The SMILES string of the molecule is C=Cc1c(F)c(F)c(Sc2nnc(C(F)(F)F)s2)c(F)c1F. The topological polar surface area (TPSA) is 25.8 Å². The fraction of sp³-hybridized carbons (Fsp3) is 0.0909. The molecule has 1 aromatic heterocycles.